The van der Waals surface area contributed by atoms with Gasteiger partial charge in [0.1, 0.15) is 5.69 Å². The fourth-order valence-electron chi connectivity index (χ4n) is 1.55. The highest BCUT2D eigenvalue weighted by Gasteiger charge is 2.25. The van der Waals surface area contributed by atoms with Gasteiger partial charge in [-0.15, -0.1) is 6.42 Å². The highest BCUT2D eigenvalue weighted by Crippen LogP contribution is 2.28. The van der Waals surface area contributed by atoms with Crippen molar-refractivity contribution in [1.29, 1.82) is 0 Å². The number of rotatable bonds is 5. The van der Waals surface area contributed by atoms with Crippen LogP contribution in [0, 0.1) is 29.4 Å². The Balaban J connectivity index is 3.20. The van der Waals surface area contributed by atoms with Crippen molar-refractivity contribution in [2.75, 3.05) is 5.32 Å². The second-order valence-corrected chi connectivity index (χ2v) is 3.80. The average Bonchev–Trinajstić information content (AvgIpc) is 2.55. The maximum Gasteiger partial charge on any atom is 0.333 e. The van der Waals surface area contributed by atoms with Crippen LogP contribution in [-0.4, -0.2) is 20.7 Å². The van der Waals surface area contributed by atoms with E-state index in [9.17, 15) is 10.1 Å². The zero-order valence-electron chi connectivity index (χ0n) is 10.2. The van der Waals surface area contributed by atoms with Crippen molar-refractivity contribution in [1.82, 2.24) is 9.78 Å². The second kappa shape index (κ2) is 5.34. The Morgan fingerprint density at radius 2 is 2.35 bits per heavy atom. The normalized spacial score (nSPS) is 11.9. The first kappa shape index (κ1) is 13.0. The first-order valence-corrected chi connectivity index (χ1v) is 5.45. The molecule has 1 N–H and O–H groups in total. The van der Waals surface area contributed by atoms with Gasteiger partial charge >= 0.3 is 5.69 Å². The number of nitrogens with zero attached hydrogens (tertiary/aromatic N) is 3. The average molecular weight is 236 g/mol. The van der Waals surface area contributed by atoms with Crippen LogP contribution >= 0.6 is 0 Å². The van der Waals surface area contributed by atoms with Crippen molar-refractivity contribution >= 4 is 11.5 Å². The number of nitro groups is 1. The van der Waals surface area contributed by atoms with Crippen molar-refractivity contribution < 1.29 is 4.92 Å². The quantitative estimate of drug-likeness (QED) is 0.481. The minimum atomic E-state index is -0.430. The van der Waals surface area contributed by atoms with Gasteiger partial charge in [-0.2, -0.15) is 5.10 Å². The Morgan fingerprint density at radius 3 is 2.82 bits per heavy atom. The number of aromatic nitrogens is 2. The molecular formula is C11H16N4O2. The van der Waals surface area contributed by atoms with Crippen LogP contribution in [0.25, 0.3) is 0 Å². The number of anilines is 1. The smallest absolute Gasteiger partial charge is 0.333 e. The van der Waals surface area contributed by atoms with Crippen molar-refractivity contribution in [2.45, 2.75) is 39.8 Å². The van der Waals surface area contributed by atoms with Gasteiger partial charge in [0.15, 0.2) is 0 Å². The molecule has 0 aromatic carbocycles. The molecule has 92 valence electrons. The van der Waals surface area contributed by atoms with Crippen LogP contribution in [0.2, 0.25) is 0 Å². The fourth-order valence-corrected chi connectivity index (χ4v) is 1.55. The summed E-state index contributed by atoms with van der Waals surface area (Å²) in [6.07, 6.45) is 6.11. The van der Waals surface area contributed by atoms with E-state index in [1.165, 1.54) is 0 Å². The zero-order valence-corrected chi connectivity index (χ0v) is 10.2. The molecule has 6 nitrogen and oxygen atoms in total. The predicted octanol–water partition coefficient (Wildman–Crippen LogP) is 1.94. The Hall–Kier alpha value is -2.03. The highest BCUT2D eigenvalue weighted by molar-refractivity contribution is 5.60. The summed E-state index contributed by atoms with van der Waals surface area (Å²) < 4.78 is 1.60. The molecule has 0 amide bonds. The van der Waals surface area contributed by atoms with Gasteiger partial charge < -0.3 is 5.32 Å². The van der Waals surface area contributed by atoms with E-state index in [0.29, 0.717) is 18.1 Å². The van der Waals surface area contributed by atoms with Crippen LogP contribution in [-0.2, 0) is 6.54 Å². The van der Waals surface area contributed by atoms with E-state index in [1.807, 2.05) is 6.92 Å². The summed E-state index contributed by atoms with van der Waals surface area (Å²) in [5.41, 5.74) is 0.399. The Labute approximate surface area is 100 Å². The van der Waals surface area contributed by atoms with Crippen LogP contribution in [0.5, 0.6) is 0 Å². The van der Waals surface area contributed by atoms with Gasteiger partial charge in [-0.05, 0) is 20.3 Å². The van der Waals surface area contributed by atoms with Crippen molar-refractivity contribution in [3.8, 4) is 12.3 Å². The molecule has 0 saturated carbocycles. The summed E-state index contributed by atoms with van der Waals surface area (Å²) in [7, 11) is 0. The first-order chi connectivity index (χ1) is 8.01. The standard InChI is InChI=1S/C11H16N4O2/c1-5-7-14-11(12-8(3)6-2)10(15(16)17)9(4)13-14/h2,8,12H,5,7H2,1,3-4H3. The Kier molecular flexibility index (Phi) is 4.10. The molecule has 1 rings (SSSR count). The third kappa shape index (κ3) is 2.75. The zero-order chi connectivity index (χ0) is 13.0. The van der Waals surface area contributed by atoms with Gasteiger partial charge in [-0.3, -0.25) is 10.1 Å². The van der Waals surface area contributed by atoms with Gasteiger partial charge in [0.25, 0.3) is 0 Å². The summed E-state index contributed by atoms with van der Waals surface area (Å²) in [4.78, 5) is 10.6. The lowest BCUT2D eigenvalue weighted by Gasteiger charge is -2.10. The Morgan fingerprint density at radius 1 is 1.71 bits per heavy atom. The number of hydrogen-bond acceptors (Lipinski definition) is 4. The molecule has 17 heavy (non-hydrogen) atoms. The third-order valence-electron chi connectivity index (χ3n) is 2.32. The van der Waals surface area contributed by atoms with Crippen LogP contribution < -0.4 is 5.32 Å². The van der Waals surface area contributed by atoms with E-state index in [-0.39, 0.29) is 11.7 Å². The van der Waals surface area contributed by atoms with Crippen LogP contribution in [0.1, 0.15) is 26.0 Å². The number of aryl methyl sites for hydroxylation is 2. The van der Waals surface area contributed by atoms with Gasteiger partial charge in [-0.25, -0.2) is 4.68 Å². The lowest BCUT2D eigenvalue weighted by Crippen LogP contribution is -2.17. The van der Waals surface area contributed by atoms with Crippen LogP contribution in [0.3, 0.4) is 0 Å². The molecule has 0 aliphatic rings. The van der Waals surface area contributed by atoms with Crippen molar-refractivity contribution in [3.63, 3.8) is 0 Å². The largest absolute Gasteiger partial charge is 0.351 e. The van der Waals surface area contributed by atoms with E-state index >= 15 is 0 Å². The molecule has 1 unspecified atom stereocenters. The van der Waals surface area contributed by atoms with E-state index in [1.54, 1.807) is 18.5 Å². The minimum Gasteiger partial charge on any atom is -0.351 e. The molecule has 0 bridgehead atoms. The fraction of sp³-hybridized carbons (Fsp3) is 0.545. The number of nitrogens with one attached hydrogen (secondary N) is 1. The van der Waals surface area contributed by atoms with Gasteiger partial charge in [-0.1, -0.05) is 12.8 Å². The third-order valence-corrected chi connectivity index (χ3v) is 2.32. The molecular weight excluding hydrogens is 220 g/mol. The molecule has 0 radical (unpaired) electrons. The van der Waals surface area contributed by atoms with Gasteiger partial charge in [0, 0.05) is 6.54 Å². The maximum atomic E-state index is 11.0. The highest BCUT2D eigenvalue weighted by atomic mass is 16.6. The van der Waals surface area contributed by atoms with Crippen molar-refractivity contribution in [2.24, 2.45) is 0 Å². The minimum absolute atomic E-state index is 0.000509. The van der Waals surface area contributed by atoms with Crippen LogP contribution in [0.15, 0.2) is 0 Å². The molecule has 0 aliphatic carbocycles. The van der Waals surface area contributed by atoms with Crippen LogP contribution in [0.4, 0.5) is 11.5 Å². The predicted molar refractivity (Wildman–Crippen MR) is 65.8 cm³/mol. The molecule has 0 saturated heterocycles. The summed E-state index contributed by atoms with van der Waals surface area (Å²) >= 11 is 0. The molecule has 1 heterocycles. The second-order valence-electron chi connectivity index (χ2n) is 3.80. The van der Waals surface area contributed by atoms with E-state index < -0.39 is 4.92 Å². The first-order valence-electron chi connectivity index (χ1n) is 5.45. The SMILES string of the molecule is C#CC(C)Nc1c([N+](=O)[O-])c(C)nn1CCC. The summed E-state index contributed by atoms with van der Waals surface area (Å²) in [5.74, 6) is 2.87. The molecule has 1 atom stereocenters. The lowest BCUT2D eigenvalue weighted by atomic mass is 10.3. The van der Waals surface area contributed by atoms with Crippen molar-refractivity contribution in [3.05, 3.63) is 15.8 Å². The number of hydrogen-bond donors (Lipinski definition) is 1. The number of terminal acetylenes is 1. The summed E-state index contributed by atoms with van der Waals surface area (Å²) in [5, 5.41) is 18.1. The van der Waals surface area contributed by atoms with E-state index in [4.69, 9.17) is 6.42 Å². The van der Waals surface area contributed by atoms with Gasteiger partial charge in [0.05, 0.1) is 11.0 Å². The topological polar surface area (TPSA) is 73.0 Å². The molecule has 0 fully saturated rings. The molecule has 0 aliphatic heterocycles. The lowest BCUT2D eigenvalue weighted by molar-refractivity contribution is -0.384. The Bertz CT molecular complexity index is 459. The molecule has 6 heteroatoms. The van der Waals surface area contributed by atoms with E-state index in [2.05, 4.69) is 16.3 Å². The monoisotopic (exact) mass is 236 g/mol. The maximum absolute atomic E-state index is 11.0. The van der Waals surface area contributed by atoms with E-state index in [0.717, 1.165) is 6.42 Å². The molecule has 1 aromatic heterocycles. The summed E-state index contributed by atoms with van der Waals surface area (Å²) in [6.45, 7) is 5.99. The molecule has 0 spiro atoms. The summed E-state index contributed by atoms with van der Waals surface area (Å²) in [6, 6.07) is -0.277. The molecule has 1 aromatic rings. The van der Waals surface area contributed by atoms with Gasteiger partial charge in [0.2, 0.25) is 5.82 Å².